The molecule has 1 fully saturated rings. The first-order valence-corrected chi connectivity index (χ1v) is 5.53. The highest BCUT2D eigenvalue weighted by atomic mass is 16.6. The molecule has 2 heterocycles. The Morgan fingerprint density at radius 1 is 1.38 bits per heavy atom. The number of hydrogen-bond acceptors (Lipinski definition) is 2. The number of ether oxygens (including phenoxy) is 1. The van der Waals surface area contributed by atoms with Crippen molar-refractivity contribution in [2.45, 2.75) is 19.6 Å². The SMILES string of the molecule is Cc1ccc(-c2nccn2CC2CO2)cc1. The van der Waals surface area contributed by atoms with Crippen LogP contribution in [0.25, 0.3) is 11.4 Å². The second-order valence-corrected chi connectivity index (χ2v) is 4.22. The number of nitrogens with zero attached hydrogens (tertiary/aromatic N) is 2. The van der Waals surface area contributed by atoms with Gasteiger partial charge in [-0.15, -0.1) is 0 Å². The second kappa shape index (κ2) is 3.76. The first-order valence-electron chi connectivity index (χ1n) is 5.53. The Bertz CT molecular complexity index is 483. The van der Waals surface area contributed by atoms with E-state index >= 15 is 0 Å². The maximum Gasteiger partial charge on any atom is 0.139 e. The van der Waals surface area contributed by atoms with Crippen molar-refractivity contribution < 1.29 is 4.74 Å². The van der Waals surface area contributed by atoms with Crippen molar-refractivity contribution >= 4 is 0 Å². The van der Waals surface area contributed by atoms with Gasteiger partial charge < -0.3 is 9.30 Å². The summed E-state index contributed by atoms with van der Waals surface area (Å²) in [5.41, 5.74) is 2.43. The molecule has 3 rings (SSSR count). The Balaban J connectivity index is 1.92. The highest BCUT2D eigenvalue weighted by Gasteiger charge is 2.23. The summed E-state index contributed by atoms with van der Waals surface area (Å²) >= 11 is 0. The zero-order valence-electron chi connectivity index (χ0n) is 9.26. The topological polar surface area (TPSA) is 30.4 Å². The summed E-state index contributed by atoms with van der Waals surface area (Å²) < 4.78 is 7.40. The van der Waals surface area contributed by atoms with Crippen LogP contribution in [0, 0.1) is 6.92 Å². The maximum absolute atomic E-state index is 5.24. The van der Waals surface area contributed by atoms with Crippen molar-refractivity contribution in [1.82, 2.24) is 9.55 Å². The monoisotopic (exact) mass is 214 g/mol. The Labute approximate surface area is 94.7 Å². The molecule has 1 aliphatic heterocycles. The van der Waals surface area contributed by atoms with Crippen molar-refractivity contribution in [3.8, 4) is 11.4 Å². The van der Waals surface area contributed by atoms with Gasteiger partial charge >= 0.3 is 0 Å². The molecule has 1 aromatic carbocycles. The zero-order valence-corrected chi connectivity index (χ0v) is 9.26. The molecule has 0 bridgehead atoms. The average molecular weight is 214 g/mol. The molecule has 3 heteroatoms. The predicted molar refractivity (Wildman–Crippen MR) is 62.1 cm³/mol. The minimum Gasteiger partial charge on any atom is -0.371 e. The van der Waals surface area contributed by atoms with Gasteiger partial charge in [-0.25, -0.2) is 4.98 Å². The number of imidazole rings is 1. The van der Waals surface area contributed by atoms with E-state index in [2.05, 4.69) is 40.7 Å². The molecule has 16 heavy (non-hydrogen) atoms. The van der Waals surface area contributed by atoms with Gasteiger partial charge in [-0.3, -0.25) is 0 Å². The van der Waals surface area contributed by atoms with E-state index in [0.29, 0.717) is 6.10 Å². The largest absolute Gasteiger partial charge is 0.371 e. The van der Waals surface area contributed by atoms with Crippen LogP contribution >= 0.6 is 0 Å². The minimum absolute atomic E-state index is 0.387. The lowest BCUT2D eigenvalue weighted by atomic mass is 10.1. The summed E-state index contributed by atoms with van der Waals surface area (Å²) in [5.74, 6) is 1.02. The van der Waals surface area contributed by atoms with Crippen molar-refractivity contribution in [3.05, 3.63) is 42.2 Å². The van der Waals surface area contributed by atoms with Crippen LogP contribution in [0.4, 0.5) is 0 Å². The van der Waals surface area contributed by atoms with Gasteiger partial charge in [0.25, 0.3) is 0 Å². The predicted octanol–water partition coefficient (Wildman–Crippen LogP) is 2.26. The van der Waals surface area contributed by atoms with Gasteiger partial charge in [-0.1, -0.05) is 29.8 Å². The lowest BCUT2D eigenvalue weighted by molar-refractivity contribution is 0.383. The van der Waals surface area contributed by atoms with Crippen molar-refractivity contribution in [1.29, 1.82) is 0 Å². The third kappa shape index (κ3) is 1.86. The van der Waals surface area contributed by atoms with Crippen LogP contribution in [0.5, 0.6) is 0 Å². The van der Waals surface area contributed by atoms with Gasteiger partial charge in [0, 0.05) is 18.0 Å². The van der Waals surface area contributed by atoms with Crippen molar-refractivity contribution in [2.75, 3.05) is 6.61 Å². The molecule has 0 N–H and O–H groups in total. The molecule has 1 aliphatic rings. The van der Waals surface area contributed by atoms with Gasteiger partial charge in [-0.2, -0.15) is 0 Å². The number of aromatic nitrogens is 2. The molecule has 0 amide bonds. The normalized spacial score (nSPS) is 18.7. The number of epoxide rings is 1. The Morgan fingerprint density at radius 2 is 2.12 bits per heavy atom. The molecule has 2 aromatic rings. The molecule has 1 atom stereocenters. The summed E-state index contributed by atoms with van der Waals surface area (Å²) in [6.07, 6.45) is 4.24. The molecule has 0 saturated carbocycles. The molecule has 82 valence electrons. The molecular weight excluding hydrogens is 200 g/mol. The minimum atomic E-state index is 0.387. The number of rotatable bonds is 3. The summed E-state index contributed by atoms with van der Waals surface area (Å²) in [5, 5.41) is 0. The van der Waals surface area contributed by atoms with Gasteiger partial charge in [0.1, 0.15) is 5.82 Å². The smallest absolute Gasteiger partial charge is 0.139 e. The van der Waals surface area contributed by atoms with E-state index in [1.807, 2.05) is 12.4 Å². The van der Waals surface area contributed by atoms with Crippen LogP contribution in [0.3, 0.4) is 0 Å². The van der Waals surface area contributed by atoms with Crippen LogP contribution in [-0.2, 0) is 11.3 Å². The molecule has 0 aliphatic carbocycles. The van der Waals surface area contributed by atoms with Crippen LogP contribution in [0.1, 0.15) is 5.56 Å². The van der Waals surface area contributed by atoms with Crippen LogP contribution < -0.4 is 0 Å². The fraction of sp³-hybridized carbons (Fsp3) is 0.308. The van der Waals surface area contributed by atoms with Gasteiger partial charge in [0.05, 0.1) is 19.3 Å². The number of benzene rings is 1. The van der Waals surface area contributed by atoms with Gasteiger partial charge in [0.15, 0.2) is 0 Å². The van der Waals surface area contributed by atoms with Crippen LogP contribution in [0.2, 0.25) is 0 Å². The van der Waals surface area contributed by atoms with Gasteiger partial charge in [-0.05, 0) is 6.92 Å². The summed E-state index contributed by atoms with van der Waals surface area (Å²) in [6.45, 7) is 3.88. The third-order valence-corrected chi connectivity index (χ3v) is 2.83. The summed E-state index contributed by atoms with van der Waals surface area (Å²) in [4.78, 5) is 4.40. The fourth-order valence-electron chi connectivity index (χ4n) is 1.81. The highest BCUT2D eigenvalue weighted by Crippen LogP contribution is 2.20. The Hall–Kier alpha value is -1.61. The molecule has 0 spiro atoms. The molecule has 1 saturated heterocycles. The van der Waals surface area contributed by atoms with E-state index in [1.165, 1.54) is 5.56 Å². The fourth-order valence-corrected chi connectivity index (χ4v) is 1.81. The number of hydrogen-bond donors (Lipinski definition) is 0. The first-order chi connectivity index (χ1) is 7.83. The first kappa shape index (κ1) is 9.60. The maximum atomic E-state index is 5.24. The Kier molecular flexibility index (Phi) is 2.26. The van der Waals surface area contributed by atoms with E-state index in [4.69, 9.17) is 4.74 Å². The van der Waals surface area contributed by atoms with E-state index in [9.17, 15) is 0 Å². The third-order valence-electron chi connectivity index (χ3n) is 2.83. The summed E-state index contributed by atoms with van der Waals surface area (Å²) in [7, 11) is 0. The van der Waals surface area contributed by atoms with E-state index in [-0.39, 0.29) is 0 Å². The molecule has 0 radical (unpaired) electrons. The van der Waals surface area contributed by atoms with Gasteiger partial charge in [0.2, 0.25) is 0 Å². The Morgan fingerprint density at radius 3 is 2.81 bits per heavy atom. The lowest BCUT2D eigenvalue weighted by Gasteiger charge is -2.06. The van der Waals surface area contributed by atoms with Crippen molar-refractivity contribution in [2.24, 2.45) is 0 Å². The van der Waals surface area contributed by atoms with Crippen LogP contribution in [-0.4, -0.2) is 22.3 Å². The highest BCUT2D eigenvalue weighted by molar-refractivity contribution is 5.55. The standard InChI is InChI=1S/C13H14N2O/c1-10-2-4-11(5-3-10)13-14-6-7-15(13)8-12-9-16-12/h2-7,12H,8-9H2,1H3. The van der Waals surface area contributed by atoms with E-state index in [0.717, 1.165) is 24.5 Å². The zero-order chi connectivity index (χ0) is 11.0. The molecule has 1 unspecified atom stereocenters. The van der Waals surface area contributed by atoms with Crippen LogP contribution in [0.15, 0.2) is 36.7 Å². The number of aryl methyl sites for hydroxylation is 1. The van der Waals surface area contributed by atoms with Crippen molar-refractivity contribution in [3.63, 3.8) is 0 Å². The summed E-state index contributed by atoms with van der Waals surface area (Å²) in [6, 6.07) is 8.45. The molecule has 3 nitrogen and oxygen atoms in total. The quantitative estimate of drug-likeness (QED) is 0.734. The molecule has 1 aromatic heterocycles. The molecular formula is C13H14N2O. The average Bonchev–Trinajstić information content (AvgIpc) is 2.97. The van der Waals surface area contributed by atoms with E-state index in [1.54, 1.807) is 0 Å². The lowest BCUT2D eigenvalue weighted by Crippen LogP contribution is -2.04. The second-order valence-electron chi connectivity index (χ2n) is 4.22. The van der Waals surface area contributed by atoms with E-state index < -0.39 is 0 Å².